The van der Waals surface area contributed by atoms with Gasteiger partial charge in [0, 0.05) is 27.9 Å². The van der Waals surface area contributed by atoms with E-state index in [1.54, 1.807) is 42.5 Å². The second-order valence-electron chi connectivity index (χ2n) is 13.5. The molecule has 1 amide bonds. The van der Waals surface area contributed by atoms with Crippen LogP contribution in [-0.4, -0.2) is 46.3 Å². The van der Waals surface area contributed by atoms with Crippen LogP contribution in [0.1, 0.15) is 55.6 Å². The van der Waals surface area contributed by atoms with Crippen molar-refractivity contribution in [3.05, 3.63) is 99.9 Å². The summed E-state index contributed by atoms with van der Waals surface area (Å²) in [5.41, 5.74) is 2.00. The van der Waals surface area contributed by atoms with Crippen molar-refractivity contribution in [3.8, 4) is 5.75 Å². The van der Waals surface area contributed by atoms with Gasteiger partial charge in [0.1, 0.15) is 11.9 Å². The number of aryl methyl sites for hydroxylation is 1. The third-order valence-corrected chi connectivity index (χ3v) is 10.8. The fraction of sp³-hybridized carbons (Fsp3) is 0.429. The number of hydrogen-bond donors (Lipinski definition) is 1. The molecule has 3 aromatic rings. The predicted molar refractivity (Wildman–Crippen MR) is 173 cm³/mol. The summed E-state index contributed by atoms with van der Waals surface area (Å²) in [6.45, 7) is 18.5. The van der Waals surface area contributed by atoms with E-state index in [9.17, 15) is 13.2 Å². The average molecular weight is 651 g/mol. The number of hydrogen-bond acceptors (Lipinski definition) is 6. The molecule has 1 saturated carbocycles. The van der Waals surface area contributed by atoms with Crippen LogP contribution in [-0.2, 0) is 25.5 Å². The first-order valence-corrected chi connectivity index (χ1v) is 16.7. The van der Waals surface area contributed by atoms with Crippen molar-refractivity contribution in [1.82, 2.24) is 5.32 Å². The summed E-state index contributed by atoms with van der Waals surface area (Å²) in [7, 11) is -3.83. The van der Waals surface area contributed by atoms with Crippen molar-refractivity contribution in [2.24, 2.45) is 16.2 Å². The topological polar surface area (TPSA) is 95.3 Å². The molecule has 2 fully saturated rings. The van der Waals surface area contributed by atoms with E-state index in [1.165, 1.54) is 0 Å². The molecule has 0 aromatic heterocycles. The zero-order valence-electron chi connectivity index (χ0n) is 26.2. The quantitative estimate of drug-likeness (QED) is 0.175. The fourth-order valence-corrected chi connectivity index (χ4v) is 8.00. The minimum atomic E-state index is -3.83. The number of benzene rings is 3. The molecule has 0 spiro atoms. The molecular weight excluding hydrogens is 612 g/mol. The third-order valence-electron chi connectivity index (χ3n) is 9.20. The standard InChI is InChI=1S/C35H39ClN2O6S/c1-23-7-14-27(15-8-23)45(40,41)43-18-17-35(21-42-22-35)20-24-9-11-25(12-10-24)30(39)38-31-33(2,3)32(34(31,4)5)44-26-13-16-29(37-6)28(36)19-26/h7-16,19,31-32H,17-18,20-22H2,1-5H3,(H,38,39). The molecule has 1 heterocycles. The van der Waals surface area contributed by atoms with Crippen LogP contribution >= 0.6 is 11.6 Å². The van der Waals surface area contributed by atoms with Crippen LogP contribution in [0, 0.1) is 29.7 Å². The van der Waals surface area contributed by atoms with Crippen LogP contribution in [0.25, 0.3) is 4.85 Å². The van der Waals surface area contributed by atoms with Gasteiger partial charge in [0.15, 0.2) is 0 Å². The van der Waals surface area contributed by atoms with E-state index in [0.717, 1.165) is 11.1 Å². The van der Waals surface area contributed by atoms with Crippen molar-refractivity contribution in [3.63, 3.8) is 0 Å². The van der Waals surface area contributed by atoms with E-state index in [4.69, 9.17) is 31.8 Å². The number of carbonyl (C=O) groups is 1. The van der Waals surface area contributed by atoms with Gasteiger partial charge in [-0.2, -0.15) is 8.42 Å². The van der Waals surface area contributed by atoms with Crippen molar-refractivity contribution < 1.29 is 26.9 Å². The zero-order valence-corrected chi connectivity index (χ0v) is 27.8. The van der Waals surface area contributed by atoms with E-state index < -0.39 is 10.1 Å². The molecule has 10 heteroatoms. The summed E-state index contributed by atoms with van der Waals surface area (Å²) in [5.74, 6) is 0.431. The molecule has 1 saturated heterocycles. The maximum Gasteiger partial charge on any atom is 0.296 e. The lowest BCUT2D eigenvalue weighted by Gasteiger charge is -2.63. The van der Waals surface area contributed by atoms with Gasteiger partial charge in [0.05, 0.1) is 36.3 Å². The molecule has 0 radical (unpaired) electrons. The summed E-state index contributed by atoms with van der Waals surface area (Å²) < 4.78 is 42.4. The highest BCUT2D eigenvalue weighted by Crippen LogP contribution is 2.55. The van der Waals surface area contributed by atoms with Crippen LogP contribution in [0.5, 0.6) is 5.75 Å². The highest BCUT2D eigenvalue weighted by molar-refractivity contribution is 7.86. The summed E-state index contributed by atoms with van der Waals surface area (Å²) in [5, 5.41) is 3.58. The van der Waals surface area contributed by atoms with Crippen LogP contribution in [0.4, 0.5) is 5.69 Å². The van der Waals surface area contributed by atoms with Crippen LogP contribution in [0.15, 0.2) is 71.6 Å². The number of nitrogens with zero attached hydrogens (tertiary/aromatic N) is 1. The Kier molecular flexibility index (Phi) is 9.09. The van der Waals surface area contributed by atoms with Gasteiger partial charge < -0.3 is 14.8 Å². The van der Waals surface area contributed by atoms with Gasteiger partial charge in [-0.05, 0) is 61.7 Å². The molecule has 0 bridgehead atoms. The minimum absolute atomic E-state index is 0.0665. The summed E-state index contributed by atoms with van der Waals surface area (Å²) in [6, 6.07) is 19.0. The Morgan fingerprint density at radius 2 is 1.67 bits per heavy atom. The second-order valence-corrected chi connectivity index (χ2v) is 15.5. The lowest BCUT2D eigenvalue weighted by Crippen LogP contribution is -2.74. The van der Waals surface area contributed by atoms with Crippen molar-refractivity contribution in [2.75, 3.05) is 19.8 Å². The van der Waals surface area contributed by atoms with E-state index in [2.05, 4.69) is 37.9 Å². The van der Waals surface area contributed by atoms with E-state index in [0.29, 0.717) is 48.1 Å². The zero-order chi connectivity index (χ0) is 32.6. The number of ether oxygens (including phenoxy) is 2. The van der Waals surface area contributed by atoms with E-state index >= 15 is 0 Å². The van der Waals surface area contributed by atoms with Gasteiger partial charge in [0.25, 0.3) is 16.0 Å². The highest BCUT2D eigenvalue weighted by atomic mass is 35.5. The predicted octanol–water partition coefficient (Wildman–Crippen LogP) is 7.17. The largest absolute Gasteiger partial charge is 0.489 e. The molecule has 2 aliphatic rings. The van der Waals surface area contributed by atoms with E-state index in [1.807, 2.05) is 31.2 Å². The number of amides is 1. The monoisotopic (exact) mass is 650 g/mol. The Bertz CT molecular complexity index is 1690. The van der Waals surface area contributed by atoms with Crippen LogP contribution in [0.2, 0.25) is 5.02 Å². The molecule has 0 unspecified atom stereocenters. The first-order valence-electron chi connectivity index (χ1n) is 14.9. The summed E-state index contributed by atoms with van der Waals surface area (Å²) in [4.78, 5) is 16.9. The van der Waals surface area contributed by atoms with E-state index in [-0.39, 0.29) is 45.8 Å². The maximum absolute atomic E-state index is 13.3. The third kappa shape index (κ3) is 6.75. The molecule has 1 aliphatic carbocycles. The van der Waals surface area contributed by atoms with Gasteiger partial charge in [-0.15, -0.1) is 0 Å². The van der Waals surface area contributed by atoms with Crippen LogP contribution < -0.4 is 10.1 Å². The van der Waals surface area contributed by atoms with Gasteiger partial charge in [-0.25, -0.2) is 4.85 Å². The molecule has 238 valence electrons. The molecule has 0 atom stereocenters. The van der Waals surface area contributed by atoms with Gasteiger partial charge in [-0.3, -0.25) is 8.98 Å². The summed E-state index contributed by atoms with van der Waals surface area (Å²) in [6.07, 6.45) is 1.03. The Morgan fingerprint density at radius 3 is 2.22 bits per heavy atom. The molecule has 3 aromatic carbocycles. The Morgan fingerprint density at radius 1 is 1.02 bits per heavy atom. The smallest absolute Gasteiger partial charge is 0.296 e. The van der Waals surface area contributed by atoms with Gasteiger partial charge in [-0.1, -0.05) is 75.2 Å². The van der Waals surface area contributed by atoms with Crippen molar-refractivity contribution in [2.45, 2.75) is 64.5 Å². The number of carbonyl (C=O) groups excluding carboxylic acids is 1. The fourth-order valence-electron chi connectivity index (χ4n) is 6.88. The van der Waals surface area contributed by atoms with Crippen molar-refractivity contribution in [1.29, 1.82) is 0 Å². The van der Waals surface area contributed by atoms with Crippen molar-refractivity contribution >= 4 is 33.3 Å². The summed E-state index contributed by atoms with van der Waals surface area (Å²) >= 11 is 6.22. The number of halogens is 1. The first-order chi connectivity index (χ1) is 21.2. The molecule has 1 aliphatic heterocycles. The van der Waals surface area contributed by atoms with Gasteiger partial charge >= 0.3 is 0 Å². The second kappa shape index (κ2) is 12.4. The lowest BCUT2D eigenvalue weighted by molar-refractivity contribution is -0.164. The Hall–Kier alpha value is -3.42. The molecule has 1 N–H and O–H groups in total. The average Bonchev–Trinajstić information content (AvgIpc) is 2.97. The molecule has 5 rings (SSSR count). The Balaban J connectivity index is 1.17. The maximum atomic E-state index is 13.3. The number of rotatable bonds is 11. The molecule has 45 heavy (non-hydrogen) atoms. The number of nitrogens with one attached hydrogen (secondary N) is 1. The molecular formula is C35H39ClN2O6S. The minimum Gasteiger partial charge on any atom is -0.489 e. The SMILES string of the molecule is [C-]#[N+]c1ccc(OC2C(C)(C)C(NC(=O)c3ccc(CC4(CCOS(=O)(=O)c5ccc(C)cc5)COC4)cc3)C2(C)C)cc1Cl. The molecule has 8 nitrogen and oxygen atoms in total. The van der Waals surface area contributed by atoms with Crippen LogP contribution in [0.3, 0.4) is 0 Å². The Labute approximate surface area is 271 Å². The lowest BCUT2D eigenvalue weighted by atomic mass is 9.49. The first kappa shape index (κ1) is 33.0. The normalized spacial score (nSPS) is 21.1. The highest BCUT2D eigenvalue weighted by Gasteiger charge is 2.64. The van der Waals surface area contributed by atoms with Gasteiger partial charge in [0.2, 0.25) is 5.69 Å².